The summed E-state index contributed by atoms with van der Waals surface area (Å²) in [4.78, 5) is 4.01. The lowest BCUT2D eigenvalue weighted by Gasteiger charge is -2.12. The summed E-state index contributed by atoms with van der Waals surface area (Å²) < 4.78 is 78.2. The monoisotopic (exact) mass is 404 g/mol. The van der Waals surface area contributed by atoms with E-state index in [2.05, 4.69) is 15.2 Å². The highest BCUT2D eigenvalue weighted by atomic mass is 32.1. The van der Waals surface area contributed by atoms with E-state index in [-0.39, 0.29) is 27.6 Å². The van der Waals surface area contributed by atoms with Crippen molar-refractivity contribution in [2.75, 3.05) is 0 Å². The first-order valence-electron chi connectivity index (χ1n) is 7.36. The number of nitrogens with zero attached hydrogens (tertiary/aromatic N) is 4. The molecule has 3 rings (SSSR count). The molecule has 0 fully saturated rings. The first kappa shape index (κ1) is 19.1. The molecule has 0 radical (unpaired) electrons. The molecule has 0 bridgehead atoms. The van der Waals surface area contributed by atoms with Crippen LogP contribution < -0.4 is 5.49 Å². The van der Waals surface area contributed by atoms with Crippen molar-refractivity contribution in [3.8, 4) is 5.69 Å². The van der Waals surface area contributed by atoms with Crippen LogP contribution in [0.15, 0.2) is 47.6 Å². The van der Waals surface area contributed by atoms with Crippen molar-refractivity contribution >= 4 is 16.5 Å². The SMILES string of the molecule is Cc1cc/c(=N\c2nnc(C(F)(F)F)s2)n(-c2cccc(C(F)(F)F)c2)c1. The Kier molecular flexibility index (Phi) is 4.81. The molecule has 0 saturated heterocycles. The van der Waals surface area contributed by atoms with E-state index in [0.717, 1.165) is 17.7 Å². The van der Waals surface area contributed by atoms with Crippen LogP contribution in [-0.2, 0) is 12.4 Å². The number of aryl methyl sites for hydroxylation is 1. The second kappa shape index (κ2) is 6.80. The molecule has 142 valence electrons. The summed E-state index contributed by atoms with van der Waals surface area (Å²) in [5.74, 6) is 0. The summed E-state index contributed by atoms with van der Waals surface area (Å²) in [7, 11) is 0. The van der Waals surface area contributed by atoms with Gasteiger partial charge in [-0.15, -0.1) is 10.2 Å². The van der Waals surface area contributed by atoms with E-state index in [9.17, 15) is 26.3 Å². The molecule has 2 heterocycles. The first-order valence-corrected chi connectivity index (χ1v) is 8.18. The Morgan fingerprint density at radius 1 is 0.963 bits per heavy atom. The van der Waals surface area contributed by atoms with Crippen LogP contribution in [0.5, 0.6) is 0 Å². The Morgan fingerprint density at radius 2 is 1.70 bits per heavy atom. The van der Waals surface area contributed by atoms with Crippen molar-refractivity contribution in [2.45, 2.75) is 19.3 Å². The second-order valence-corrected chi connectivity index (χ2v) is 6.44. The molecular formula is C16H10F6N4S. The fraction of sp³-hybridized carbons (Fsp3) is 0.188. The lowest BCUT2D eigenvalue weighted by atomic mass is 10.2. The van der Waals surface area contributed by atoms with Crippen LogP contribution in [0.25, 0.3) is 5.69 Å². The Bertz CT molecular complexity index is 1030. The van der Waals surface area contributed by atoms with Gasteiger partial charge in [-0.25, -0.2) is 0 Å². The van der Waals surface area contributed by atoms with Gasteiger partial charge in [0.15, 0.2) is 0 Å². The smallest absolute Gasteiger partial charge is 0.301 e. The molecule has 0 aliphatic carbocycles. The summed E-state index contributed by atoms with van der Waals surface area (Å²) in [6.45, 7) is 1.72. The molecule has 27 heavy (non-hydrogen) atoms. The zero-order valence-corrected chi connectivity index (χ0v) is 14.3. The van der Waals surface area contributed by atoms with Gasteiger partial charge in [0.05, 0.1) is 5.56 Å². The van der Waals surface area contributed by atoms with Gasteiger partial charge in [0.1, 0.15) is 5.49 Å². The number of aromatic nitrogens is 3. The molecule has 1 aromatic carbocycles. The van der Waals surface area contributed by atoms with E-state index >= 15 is 0 Å². The number of alkyl halides is 6. The minimum atomic E-state index is -4.64. The van der Waals surface area contributed by atoms with E-state index in [4.69, 9.17) is 0 Å². The highest BCUT2D eigenvalue weighted by Crippen LogP contribution is 2.34. The van der Waals surface area contributed by atoms with Gasteiger partial charge in [-0.2, -0.15) is 31.3 Å². The number of halogens is 6. The lowest BCUT2D eigenvalue weighted by molar-refractivity contribution is -0.138. The van der Waals surface area contributed by atoms with Crippen molar-refractivity contribution in [3.63, 3.8) is 0 Å². The standard InChI is InChI=1S/C16H10F6N4S/c1-9-5-6-12(23-14-25-24-13(27-14)16(20,21)22)26(8-9)11-4-2-3-10(7-11)15(17,18)19/h2-8H,1H3/b23-12+. The maximum absolute atomic E-state index is 13.0. The minimum absolute atomic E-state index is 0.116. The molecule has 0 aliphatic rings. The molecule has 0 amide bonds. The van der Waals surface area contributed by atoms with E-state index in [1.807, 2.05) is 0 Å². The van der Waals surface area contributed by atoms with Crippen LogP contribution in [0.2, 0.25) is 0 Å². The summed E-state index contributed by atoms with van der Waals surface area (Å²) in [6, 6.07) is 7.65. The molecule has 0 N–H and O–H groups in total. The highest BCUT2D eigenvalue weighted by molar-refractivity contribution is 7.15. The van der Waals surface area contributed by atoms with Crippen LogP contribution in [0.3, 0.4) is 0 Å². The third-order valence-corrected chi connectivity index (χ3v) is 4.26. The van der Waals surface area contributed by atoms with Crippen LogP contribution in [-0.4, -0.2) is 14.8 Å². The summed E-state index contributed by atoms with van der Waals surface area (Å²) in [6.07, 6.45) is -7.64. The minimum Gasteiger partial charge on any atom is -0.301 e. The van der Waals surface area contributed by atoms with E-state index < -0.39 is 22.9 Å². The predicted molar refractivity (Wildman–Crippen MR) is 85.6 cm³/mol. The number of benzene rings is 1. The average molecular weight is 404 g/mol. The second-order valence-electron chi connectivity index (χ2n) is 5.48. The van der Waals surface area contributed by atoms with Crippen molar-refractivity contribution in [1.82, 2.24) is 14.8 Å². The predicted octanol–water partition coefficient (Wildman–Crippen LogP) is 4.91. The normalized spacial score (nSPS) is 13.2. The van der Waals surface area contributed by atoms with E-state index in [0.29, 0.717) is 0 Å². The van der Waals surface area contributed by atoms with Gasteiger partial charge in [0.2, 0.25) is 10.1 Å². The number of rotatable bonds is 2. The summed E-state index contributed by atoms with van der Waals surface area (Å²) in [5.41, 5.74) is 0.146. The van der Waals surface area contributed by atoms with Gasteiger partial charge in [0.25, 0.3) is 0 Å². The van der Waals surface area contributed by atoms with Crippen LogP contribution >= 0.6 is 11.3 Å². The molecule has 3 aromatic rings. The van der Waals surface area contributed by atoms with Gasteiger partial charge >= 0.3 is 12.4 Å². The third kappa shape index (κ3) is 4.35. The molecular weight excluding hydrogens is 394 g/mol. The van der Waals surface area contributed by atoms with E-state index in [1.165, 1.54) is 29.0 Å². The van der Waals surface area contributed by atoms with Gasteiger partial charge in [-0.05, 0) is 36.8 Å². The van der Waals surface area contributed by atoms with Crippen molar-refractivity contribution in [2.24, 2.45) is 4.99 Å². The van der Waals surface area contributed by atoms with Crippen molar-refractivity contribution in [1.29, 1.82) is 0 Å². The average Bonchev–Trinajstić information content (AvgIpc) is 3.05. The van der Waals surface area contributed by atoms with Gasteiger partial charge in [-0.3, -0.25) is 0 Å². The Balaban J connectivity index is 2.13. The highest BCUT2D eigenvalue weighted by Gasteiger charge is 2.35. The van der Waals surface area contributed by atoms with Crippen molar-refractivity contribution in [3.05, 3.63) is 64.2 Å². The summed E-state index contributed by atoms with van der Waals surface area (Å²) >= 11 is 0.243. The third-order valence-electron chi connectivity index (χ3n) is 3.39. The van der Waals surface area contributed by atoms with Crippen LogP contribution in [0, 0.1) is 6.92 Å². The number of hydrogen-bond acceptors (Lipinski definition) is 4. The van der Waals surface area contributed by atoms with E-state index in [1.54, 1.807) is 13.0 Å². The van der Waals surface area contributed by atoms with Gasteiger partial charge in [-0.1, -0.05) is 23.5 Å². The molecule has 0 saturated carbocycles. The molecule has 0 unspecified atom stereocenters. The van der Waals surface area contributed by atoms with Gasteiger partial charge < -0.3 is 4.57 Å². The number of hydrogen-bond donors (Lipinski definition) is 0. The Morgan fingerprint density at radius 3 is 2.33 bits per heavy atom. The zero-order valence-electron chi connectivity index (χ0n) is 13.5. The largest absolute Gasteiger partial charge is 0.445 e. The fourth-order valence-corrected chi connectivity index (χ4v) is 2.79. The topological polar surface area (TPSA) is 43.1 Å². The van der Waals surface area contributed by atoms with Crippen LogP contribution in [0.4, 0.5) is 31.5 Å². The molecule has 0 atom stereocenters. The van der Waals surface area contributed by atoms with Crippen LogP contribution in [0.1, 0.15) is 16.1 Å². The molecule has 2 aromatic heterocycles. The Hall–Kier alpha value is -2.69. The molecule has 4 nitrogen and oxygen atoms in total. The first-order chi connectivity index (χ1) is 12.5. The zero-order chi connectivity index (χ0) is 19.8. The Labute approximate surface area is 152 Å². The van der Waals surface area contributed by atoms with Gasteiger partial charge in [0, 0.05) is 11.9 Å². The lowest BCUT2D eigenvalue weighted by Crippen LogP contribution is -2.19. The molecule has 0 spiro atoms. The molecule has 0 aliphatic heterocycles. The quantitative estimate of drug-likeness (QED) is 0.570. The summed E-state index contributed by atoms with van der Waals surface area (Å²) in [5, 5.41) is 5.01. The molecule has 11 heteroatoms. The maximum atomic E-state index is 13.0. The number of pyridine rings is 1. The maximum Gasteiger partial charge on any atom is 0.445 e. The fourth-order valence-electron chi connectivity index (χ4n) is 2.20. The van der Waals surface area contributed by atoms with Crippen molar-refractivity contribution < 1.29 is 26.3 Å².